The van der Waals surface area contributed by atoms with Crippen LogP contribution in [0.2, 0.25) is 0 Å². The average Bonchev–Trinajstić information content (AvgIpc) is 3.31. The topological polar surface area (TPSA) is 96.5 Å². The van der Waals surface area contributed by atoms with Gasteiger partial charge in [-0.1, -0.05) is 72.8 Å². The molecule has 1 aromatic heterocycles. The molecular weight excluding hydrogens is 418 g/mol. The van der Waals surface area contributed by atoms with Crippen LogP contribution in [0.15, 0.2) is 89.3 Å². The van der Waals surface area contributed by atoms with Crippen LogP contribution in [0, 0.1) is 0 Å². The molecule has 0 aliphatic carbocycles. The zero-order valence-corrected chi connectivity index (χ0v) is 17.9. The maximum atomic E-state index is 12.1. The van der Waals surface area contributed by atoms with Crippen molar-refractivity contribution in [2.24, 2.45) is 0 Å². The monoisotopic (exact) mass is 441 g/mol. The Hall–Kier alpha value is -4.26. The minimum atomic E-state index is -0.964. The predicted molar refractivity (Wildman–Crippen MR) is 124 cm³/mol. The predicted octanol–water partition coefficient (Wildman–Crippen LogP) is 4.90. The normalized spacial score (nSPS) is 11.6. The van der Waals surface area contributed by atoms with Gasteiger partial charge in [-0.2, -0.15) is 0 Å². The third-order valence-electron chi connectivity index (χ3n) is 5.32. The molecule has 0 fully saturated rings. The number of hydrogen-bond acceptors (Lipinski definition) is 5. The summed E-state index contributed by atoms with van der Waals surface area (Å²) in [6.45, 7) is 0. The van der Waals surface area contributed by atoms with Crippen LogP contribution < -0.4 is 4.90 Å². The number of carboxylic acids is 1. The Morgan fingerprint density at radius 3 is 2.18 bits per heavy atom. The maximum absolute atomic E-state index is 12.1. The average molecular weight is 441 g/mol. The van der Waals surface area contributed by atoms with E-state index >= 15 is 0 Å². The van der Waals surface area contributed by atoms with Crippen LogP contribution >= 0.6 is 0 Å². The second-order valence-electron chi connectivity index (χ2n) is 7.57. The molecule has 1 unspecified atom stereocenters. The summed E-state index contributed by atoms with van der Waals surface area (Å²) in [5.74, 6) is -0.350. The van der Waals surface area contributed by atoms with Crippen molar-refractivity contribution >= 4 is 18.1 Å². The van der Waals surface area contributed by atoms with E-state index in [0.29, 0.717) is 24.4 Å². The number of nitrogens with zero attached hydrogens (tertiary/aromatic N) is 3. The molecule has 4 aromatic rings. The minimum Gasteiger partial charge on any atom is -0.481 e. The fourth-order valence-corrected chi connectivity index (χ4v) is 3.66. The van der Waals surface area contributed by atoms with Crippen LogP contribution in [0.1, 0.15) is 36.2 Å². The first-order valence-electron chi connectivity index (χ1n) is 10.6. The molecule has 166 valence electrons. The second kappa shape index (κ2) is 10.4. The molecule has 1 amide bonds. The zero-order valence-electron chi connectivity index (χ0n) is 17.9. The summed E-state index contributed by atoms with van der Waals surface area (Å²) >= 11 is 0. The van der Waals surface area contributed by atoms with E-state index in [0.717, 1.165) is 16.7 Å². The lowest BCUT2D eigenvalue weighted by molar-refractivity contribution is -0.137. The number of aromatic nitrogens is 2. The van der Waals surface area contributed by atoms with Gasteiger partial charge in [0, 0.05) is 12.1 Å². The van der Waals surface area contributed by atoms with E-state index in [2.05, 4.69) is 10.2 Å². The first kappa shape index (κ1) is 22.0. The number of carboxylic acid groups (broad SMARTS) is 1. The molecule has 0 radical (unpaired) electrons. The lowest BCUT2D eigenvalue weighted by Gasteiger charge is -2.25. The summed E-state index contributed by atoms with van der Waals surface area (Å²) in [5.41, 5.74) is 3.70. The second-order valence-corrected chi connectivity index (χ2v) is 7.57. The minimum absolute atomic E-state index is 0.140. The summed E-state index contributed by atoms with van der Waals surface area (Å²) in [5, 5.41) is 17.5. The van der Waals surface area contributed by atoms with E-state index in [9.17, 15) is 14.7 Å². The van der Waals surface area contributed by atoms with Gasteiger partial charge in [0.05, 0.1) is 6.42 Å². The fraction of sp³-hybridized carbons (Fsp3) is 0.154. The Labute approximate surface area is 191 Å². The Kier molecular flexibility index (Phi) is 6.90. The van der Waals surface area contributed by atoms with E-state index in [1.807, 2.05) is 84.9 Å². The van der Waals surface area contributed by atoms with Gasteiger partial charge in [-0.05, 0) is 35.2 Å². The van der Waals surface area contributed by atoms with Gasteiger partial charge in [-0.3, -0.25) is 9.59 Å². The first-order valence-corrected chi connectivity index (χ1v) is 10.6. The Morgan fingerprint density at radius 1 is 0.909 bits per heavy atom. The maximum Gasteiger partial charge on any atom is 0.303 e. The summed E-state index contributed by atoms with van der Waals surface area (Å²) < 4.78 is 5.86. The molecule has 0 bridgehead atoms. The smallest absolute Gasteiger partial charge is 0.303 e. The van der Waals surface area contributed by atoms with Crippen LogP contribution in [0.4, 0.5) is 5.69 Å². The largest absolute Gasteiger partial charge is 0.481 e. The molecule has 1 N–H and O–H groups in total. The van der Waals surface area contributed by atoms with Crippen LogP contribution in [0.25, 0.3) is 11.1 Å². The summed E-state index contributed by atoms with van der Waals surface area (Å²) in [4.78, 5) is 24.8. The van der Waals surface area contributed by atoms with Crippen molar-refractivity contribution in [2.75, 3.05) is 4.90 Å². The third kappa shape index (κ3) is 5.51. The summed E-state index contributed by atoms with van der Waals surface area (Å²) in [6, 6.07) is 26.4. The standard InChI is InChI=1S/C26H23N3O4/c30-18-29(22-13-11-21(12-14-22)20-9-5-2-6-10-20)23(15-16-25(31)32)26-28-27-24(33-26)17-19-7-3-1-4-8-19/h1-14,18,23H,15-17H2,(H,31,32). The van der Waals surface area contributed by atoms with Crippen molar-refractivity contribution in [3.05, 3.63) is 102 Å². The van der Waals surface area contributed by atoms with Crippen molar-refractivity contribution in [3.63, 3.8) is 0 Å². The Morgan fingerprint density at radius 2 is 1.55 bits per heavy atom. The molecule has 0 aliphatic heterocycles. The molecule has 0 saturated heterocycles. The molecule has 3 aromatic carbocycles. The van der Waals surface area contributed by atoms with Crippen molar-refractivity contribution < 1.29 is 19.1 Å². The molecule has 7 nitrogen and oxygen atoms in total. The molecule has 7 heteroatoms. The number of anilines is 1. The number of rotatable bonds is 10. The number of amides is 1. The van der Waals surface area contributed by atoms with Crippen molar-refractivity contribution in [2.45, 2.75) is 25.3 Å². The van der Waals surface area contributed by atoms with Crippen molar-refractivity contribution in [3.8, 4) is 11.1 Å². The number of aliphatic carboxylic acids is 1. The molecule has 1 atom stereocenters. The van der Waals surface area contributed by atoms with Crippen LogP contribution in [0.5, 0.6) is 0 Å². The zero-order chi connectivity index (χ0) is 23.0. The quantitative estimate of drug-likeness (QED) is 0.352. The summed E-state index contributed by atoms with van der Waals surface area (Å²) in [6.07, 6.45) is 1.12. The highest BCUT2D eigenvalue weighted by Crippen LogP contribution is 2.31. The fourth-order valence-electron chi connectivity index (χ4n) is 3.66. The molecular formula is C26H23N3O4. The van der Waals surface area contributed by atoms with Gasteiger partial charge >= 0.3 is 5.97 Å². The van der Waals surface area contributed by atoms with E-state index < -0.39 is 12.0 Å². The number of benzene rings is 3. The molecule has 0 aliphatic rings. The van der Waals surface area contributed by atoms with E-state index in [4.69, 9.17) is 4.42 Å². The molecule has 4 rings (SSSR count). The SMILES string of the molecule is O=CN(c1ccc(-c2ccccc2)cc1)C(CCC(=O)O)c1nnc(Cc2ccccc2)o1. The highest BCUT2D eigenvalue weighted by Gasteiger charge is 2.27. The van der Waals surface area contributed by atoms with E-state index in [-0.39, 0.29) is 18.7 Å². The van der Waals surface area contributed by atoms with Crippen LogP contribution in [-0.4, -0.2) is 27.7 Å². The molecule has 0 spiro atoms. The van der Waals surface area contributed by atoms with Gasteiger partial charge < -0.3 is 14.4 Å². The van der Waals surface area contributed by atoms with Gasteiger partial charge in [-0.15, -0.1) is 10.2 Å². The molecule has 33 heavy (non-hydrogen) atoms. The third-order valence-corrected chi connectivity index (χ3v) is 5.32. The number of hydrogen-bond donors (Lipinski definition) is 1. The lowest BCUT2D eigenvalue weighted by Crippen LogP contribution is -2.28. The van der Waals surface area contributed by atoms with Gasteiger partial charge in [-0.25, -0.2) is 0 Å². The Bertz CT molecular complexity index is 1190. The number of carbonyl (C=O) groups is 2. The van der Waals surface area contributed by atoms with E-state index in [1.165, 1.54) is 4.90 Å². The number of carbonyl (C=O) groups excluding carboxylic acids is 1. The highest BCUT2D eigenvalue weighted by molar-refractivity contribution is 5.78. The van der Waals surface area contributed by atoms with Gasteiger partial charge in [0.25, 0.3) is 0 Å². The van der Waals surface area contributed by atoms with Gasteiger partial charge in [0.15, 0.2) is 0 Å². The van der Waals surface area contributed by atoms with Gasteiger partial charge in [0.1, 0.15) is 6.04 Å². The van der Waals surface area contributed by atoms with Gasteiger partial charge in [0.2, 0.25) is 18.2 Å². The Balaban J connectivity index is 1.60. The van der Waals surface area contributed by atoms with E-state index in [1.54, 1.807) is 0 Å². The molecule has 1 heterocycles. The first-order chi connectivity index (χ1) is 16.1. The van der Waals surface area contributed by atoms with Crippen LogP contribution in [0.3, 0.4) is 0 Å². The summed E-state index contributed by atoms with van der Waals surface area (Å²) in [7, 11) is 0. The van der Waals surface area contributed by atoms with Crippen molar-refractivity contribution in [1.29, 1.82) is 0 Å². The molecule has 0 saturated carbocycles. The van der Waals surface area contributed by atoms with Crippen molar-refractivity contribution in [1.82, 2.24) is 10.2 Å². The highest BCUT2D eigenvalue weighted by atomic mass is 16.4. The van der Waals surface area contributed by atoms with Crippen LogP contribution in [-0.2, 0) is 16.0 Å². The lowest BCUT2D eigenvalue weighted by atomic mass is 10.0.